The van der Waals surface area contributed by atoms with Gasteiger partial charge in [-0.05, 0) is 6.26 Å². The molecule has 0 aliphatic heterocycles. The fraction of sp³-hybridized carbons (Fsp3) is 0.375. The Kier molecular flexibility index (Phi) is 3.70. The molecule has 1 aromatic rings. The molecule has 0 atom stereocenters. The van der Waals surface area contributed by atoms with Crippen LogP contribution in [0.25, 0.3) is 0 Å². The summed E-state index contributed by atoms with van der Waals surface area (Å²) in [5, 5.41) is 9.10. The molecule has 0 saturated heterocycles. The second kappa shape index (κ2) is 4.80. The highest BCUT2D eigenvalue weighted by Crippen LogP contribution is 2.15. The maximum atomic E-state index is 10.5. The van der Waals surface area contributed by atoms with Crippen LogP contribution in [0.15, 0.2) is 11.2 Å². The van der Waals surface area contributed by atoms with Crippen molar-refractivity contribution >= 4 is 17.7 Å². The van der Waals surface area contributed by atoms with E-state index in [0.29, 0.717) is 16.7 Å². The molecule has 0 unspecified atom stereocenters. The maximum absolute atomic E-state index is 10.5. The predicted octanol–water partition coefficient (Wildman–Crippen LogP) is 0.834. The molecule has 0 bridgehead atoms. The summed E-state index contributed by atoms with van der Waals surface area (Å²) >= 11 is 1.34. The van der Waals surface area contributed by atoms with Gasteiger partial charge in [-0.15, -0.1) is 0 Å². The number of carbonyl (C=O) groups is 1. The Hall–Kier alpha value is -1.30. The number of hydrogen-bond acceptors (Lipinski definition) is 5. The van der Waals surface area contributed by atoms with Gasteiger partial charge in [-0.3, -0.25) is 4.79 Å². The smallest absolute Gasteiger partial charge is 0.309 e. The van der Waals surface area contributed by atoms with Gasteiger partial charge in [-0.1, -0.05) is 11.8 Å². The third-order valence-electron chi connectivity index (χ3n) is 1.46. The van der Waals surface area contributed by atoms with E-state index in [1.165, 1.54) is 24.9 Å². The van der Waals surface area contributed by atoms with Crippen molar-refractivity contribution in [2.75, 3.05) is 13.4 Å². The summed E-state index contributed by atoms with van der Waals surface area (Å²) in [6, 6.07) is 1.52. The van der Waals surface area contributed by atoms with Gasteiger partial charge in [-0.2, -0.15) is 4.98 Å². The van der Waals surface area contributed by atoms with Gasteiger partial charge in [0.1, 0.15) is 0 Å². The van der Waals surface area contributed by atoms with Gasteiger partial charge in [0.05, 0.1) is 19.2 Å². The molecule has 1 aromatic heterocycles. The van der Waals surface area contributed by atoms with Crippen molar-refractivity contribution in [1.82, 2.24) is 9.97 Å². The van der Waals surface area contributed by atoms with Crippen LogP contribution in [0.1, 0.15) is 5.69 Å². The van der Waals surface area contributed by atoms with Crippen LogP contribution in [0.4, 0.5) is 0 Å². The van der Waals surface area contributed by atoms with Crippen LogP contribution >= 0.6 is 11.8 Å². The van der Waals surface area contributed by atoms with E-state index >= 15 is 0 Å². The van der Waals surface area contributed by atoms with Crippen LogP contribution in [0.5, 0.6) is 5.88 Å². The molecule has 5 nitrogen and oxygen atoms in total. The molecule has 1 heterocycles. The molecule has 1 N–H and O–H groups in total. The first-order chi connectivity index (χ1) is 6.65. The van der Waals surface area contributed by atoms with E-state index in [2.05, 4.69) is 9.97 Å². The number of nitrogens with zero attached hydrogens (tertiary/aromatic N) is 2. The minimum atomic E-state index is -0.919. The zero-order valence-electron chi connectivity index (χ0n) is 7.85. The van der Waals surface area contributed by atoms with Gasteiger partial charge < -0.3 is 9.84 Å². The van der Waals surface area contributed by atoms with E-state index in [9.17, 15) is 4.79 Å². The van der Waals surface area contributed by atoms with Crippen LogP contribution in [0, 0.1) is 0 Å². The number of ether oxygens (including phenoxy) is 1. The number of aliphatic carboxylic acids is 1. The lowest BCUT2D eigenvalue weighted by atomic mass is 10.3. The molecule has 0 radical (unpaired) electrons. The molecular formula is C8H10N2O3S. The minimum absolute atomic E-state index is 0.119. The van der Waals surface area contributed by atoms with Gasteiger partial charge in [0.15, 0.2) is 5.16 Å². The monoisotopic (exact) mass is 214 g/mol. The van der Waals surface area contributed by atoms with Crippen LogP contribution in [-0.2, 0) is 11.2 Å². The number of carboxylic acid groups (broad SMARTS) is 1. The second-order valence-corrected chi connectivity index (χ2v) is 3.23. The summed E-state index contributed by atoms with van der Waals surface area (Å²) in [4.78, 5) is 18.5. The van der Waals surface area contributed by atoms with Crippen molar-refractivity contribution in [2.45, 2.75) is 11.6 Å². The largest absolute Gasteiger partial charge is 0.481 e. The van der Waals surface area contributed by atoms with Crippen molar-refractivity contribution in [1.29, 1.82) is 0 Å². The van der Waals surface area contributed by atoms with E-state index in [1.54, 1.807) is 0 Å². The SMILES string of the molecule is COc1cc(CC(=O)O)nc(SC)n1. The van der Waals surface area contributed by atoms with Gasteiger partial charge in [0, 0.05) is 6.07 Å². The van der Waals surface area contributed by atoms with Crippen molar-refractivity contribution in [3.63, 3.8) is 0 Å². The van der Waals surface area contributed by atoms with E-state index in [1.807, 2.05) is 6.26 Å². The van der Waals surface area contributed by atoms with Crippen molar-refractivity contribution in [3.8, 4) is 5.88 Å². The first kappa shape index (κ1) is 10.8. The quantitative estimate of drug-likeness (QED) is 0.591. The van der Waals surface area contributed by atoms with Crippen LogP contribution < -0.4 is 4.74 Å². The summed E-state index contributed by atoms with van der Waals surface area (Å²) in [6.07, 6.45) is 1.70. The van der Waals surface area contributed by atoms with Crippen molar-refractivity contribution in [2.24, 2.45) is 0 Å². The standard InChI is InChI=1S/C8H10N2O3S/c1-13-6-3-5(4-7(11)12)9-8(10-6)14-2/h3H,4H2,1-2H3,(H,11,12). The molecule has 76 valence electrons. The van der Waals surface area contributed by atoms with Crippen LogP contribution in [-0.4, -0.2) is 34.4 Å². The lowest BCUT2D eigenvalue weighted by Crippen LogP contribution is -2.04. The third-order valence-corrected chi connectivity index (χ3v) is 2.01. The average Bonchev–Trinajstić information content (AvgIpc) is 2.16. The van der Waals surface area contributed by atoms with Crippen LogP contribution in [0.2, 0.25) is 0 Å². The first-order valence-electron chi connectivity index (χ1n) is 3.83. The highest BCUT2D eigenvalue weighted by Gasteiger charge is 2.07. The Morgan fingerprint density at radius 3 is 2.86 bits per heavy atom. The maximum Gasteiger partial charge on any atom is 0.309 e. The number of aromatic nitrogens is 2. The summed E-state index contributed by atoms with van der Waals surface area (Å²) in [6.45, 7) is 0. The summed E-state index contributed by atoms with van der Waals surface area (Å²) in [7, 11) is 1.48. The highest BCUT2D eigenvalue weighted by atomic mass is 32.2. The minimum Gasteiger partial charge on any atom is -0.481 e. The fourth-order valence-electron chi connectivity index (χ4n) is 0.891. The Bertz CT molecular complexity index is 321. The lowest BCUT2D eigenvalue weighted by molar-refractivity contribution is -0.136. The molecule has 0 saturated carbocycles. The number of hydrogen-bond donors (Lipinski definition) is 1. The fourth-order valence-corrected chi connectivity index (χ4v) is 1.28. The van der Waals surface area contributed by atoms with Gasteiger partial charge in [0.2, 0.25) is 5.88 Å². The number of rotatable bonds is 4. The predicted molar refractivity (Wildman–Crippen MR) is 51.7 cm³/mol. The Morgan fingerprint density at radius 1 is 1.64 bits per heavy atom. The lowest BCUT2D eigenvalue weighted by Gasteiger charge is -2.03. The van der Waals surface area contributed by atoms with Gasteiger partial charge in [0.25, 0.3) is 0 Å². The van der Waals surface area contributed by atoms with Gasteiger partial charge >= 0.3 is 5.97 Å². The number of carboxylic acids is 1. The summed E-state index contributed by atoms with van der Waals surface area (Å²) in [5.74, 6) is -0.529. The topological polar surface area (TPSA) is 72.3 Å². The number of thioether (sulfide) groups is 1. The van der Waals surface area contributed by atoms with E-state index < -0.39 is 5.97 Å². The highest BCUT2D eigenvalue weighted by molar-refractivity contribution is 7.98. The first-order valence-corrected chi connectivity index (χ1v) is 5.06. The molecule has 1 rings (SSSR count). The molecular weight excluding hydrogens is 204 g/mol. The van der Waals surface area contributed by atoms with E-state index in [0.717, 1.165) is 0 Å². The molecule has 0 spiro atoms. The Labute approximate surface area is 85.5 Å². The molecule has 0 amide bonds. The molecule has 0 aromatic carbocycles. The summed E-state index contributed by atoms with van der Waals surface area (Å²) in [5.41, 5.74) is 0.453. The van der Waals surface area contributed by atoms with Gasteiger partial charge in [-0.25, -0.2) is 4.98 Å². The zero-order chi connectivity index (χ0) is 10.6. The molecule has 6 heteroatoms. The van der Waals surface area contributed by atoms with Crippen LogP contribution in [0.3, 0.4) is 0 Å². The zero-order valence-corrected chi connectivity index (χ0v) is 8.67. The van der Waals surface area contributed by atoms with E-state index in [-0.39, 0.29) is 6.42 Å². The molecule has 0 aliphatic carbocycles. The molecule has 0 aliphatic rings. The Balaban J connectivity index is 2.98. The van der Waals surface area contributed by atoms with Crippen molar-refractivity contribution in [3.05, 3.63) is 11.8 Å². The average molecular weight is 214 g/mol. The normalized spacial score (nSPS) is 9.86. The third kappa shape index (κ3) is 2.88. The number of methoxy groups -OCH3 is 1. The Morgan fingerprint density at radius 2 is 2.36 bits per heavy atom. The second-order valence-electron chi connectivity index (χ2n) is 2.46. The molecule has 14 heavy (non-hydrogen) atoms. The summed E-state index contributed by atoms with van der Waals surface area (Å²) < 4.78 is 4.92. The van der Waals surface area contributed by atoms with Crippen molar-refractivity contribution < 1.29 is 14.6 Å². The molecule has 0 fully saturated rings. The van der Waals surface area contributed by atoms with E-state index in [4.69, 9.17) is 9.84 Å².